The minimum absolute atomic E-state index is 0.259. The van der Waals surface area contributed by atoms with Crippen molar-refractivity contribution in [3.63, 3.8) is 0 Å². The van der Waals surface area contributed by atoms with Crippen LogP contribution in [0.5, 0.6) is 0 Å². The summed E-state index contributed by atoms with van der Waals surface area (Å²) in [5.41, 5.74) is 0. The van der Waals surface area contributed by atoms with Gasteiger partial charge in [0.2, 0.25) is 5.13 Å². The van der Waals surface area contributed by atoms with E-state index in [-0.39, 0.29) is 5.92 Å². The molecule has 1 aromatic heterocycles. The molecule has 5 heteroatoms. The van der Waals surface area contributed by atoms with E-state index in [0.717, 1.165) is 49.7 Å². The zero-order valence-corrected chi connectivity index (χ0v) is 11.3. The molecule has 1 aliphatic rings. The van der Waals surface area contributed by atoms with Crippen LogP contribution in [0, 0.1) is 5.92 Å². The molecular weight excluding hydrogens is 234 g/mol. The number of anilines is 1. The van der Waals surface area contributed by atoms with Gasteiger partial charge in [-0.2, -0.15) is 4.37 Å². The third-order valence-electron chi connectivity index (χ3n) is 3.27. The number of hydrogen-bond acceptors (Lipinski definition) is 5. The summed E-state index contributed by atoms with van der Waals surface area (Å²) in [4.78, 5) is 18.1. The highest BCUT2D eigenvalue weighted by molar-refractivity contribution is 7.09. The molecule has 1 fully saturated rings. The van der Waals surface area contributed by atoms with Crippen LogP contribution in [0.3, 0.4) is 0 Å². The normalized spacial score (nSPS) is 17.4. The summed E-state index contributed by atoms with van der Waals surface area (Å²) in [6.45, 7) is 5.71. The number of aryl methyl sites for hydroxylation is 1. The third-order valence-corrected chi connectivity index (χ3v) is 4.09. The number of carbonyl (C=O) groups excluding carboxylic acids is 1. The Kier molecular flexibility index (Phi) is 4.10. The Hall–Kier alpha value is -0.970. The van der Waals surface area contributed by atoms with Crippen LogP contribution in [0.1, 0.15) is 38.9 Å². The maximum absolute atomic E-state index is 11.3. The van der Waals surface area contributed by atoms with Gasteiger partial charge in [-0.3, -0.25) is 4.79 Å². The van der Waals surface area contributed by atoms with Crippen molar-refractivity contribution in [2.45, 2.75) is 39.5 Å². The van der Waals surface area contributed by atoms with E-state index in [1.165, 1.54) is 11.5 Å². The number of carbonyl (C=O) groups is 1. The first kappa shape index (κ1) is 12.5. The number of hydrogen-bond donors (Lipinski definition) is 0. The highest BCUT2D eigenvalue weighted by atomic mass is 32.1. The first-order chi connectivity index (χ1) is 8.20. The molecule has 0 N–H and O–H groups in total. The second-order valence-corrected chi connectivity index (χ2v) is 5.35. The fourth-order valence-electron chi connectivity index (χ4n) is 2.18. The zero-order chi connectivity index (χ0) is 12.3. The van der Waals surface area contributed by atoms with E-state index >= 15 is 0 Å². The maximum atomic E-state index is 11.3. The Balaban J connectivity index is 1.93. The Morgan fingerprint density at radius 3 is 2.76 bits per heavy atom. The SMILES string of the molecule is CCCc1nsc(N2CCC(C(C)=O)CC2)n1. The van der Waals surface area contributed by atoms with Gasteiger partial charge in [-0.25, -0.2) is 4.98 Å². The topological polar surface area (TPSA) is 46.1 Å². The molecule has 0 bridgehead atoms. The zero-order valence-electron chi connectivity index (χ0n) is 10.5. The summed E-state index contributed by atoms with van der Waals surface area (Å²) in [5, 5.41) is 1.02. The minimum Gasteiger partial charge on any atom is -0.347 e. The third kappa shape index (κ3) is 3.03. The lowest BCUT2D eigenvalue weighted by molar-refractivity contribution is -0.121. The molecule has 2 heterocycles. The van der Waals surface area contributed by atoms with Crippen LogP contribution in [-0.4, -0.2) is 28.2 Å². The molecule has 0 aromatic carbocycles. The smallest absolute Gasteiger partial charge is 0.205 e. The van der Waals surface area contributed by atoms with Gasteiger partial charge in [0.05, 0.1) is 0 Å². The molecule has 0 radical (unpaired) electrons. The van der Waals surface area contributed by atoms with Gasteiger partial charge in [-0.05, 0) is 26.2 Å². The Morgan fingerprint density at radius 1 is 1.47 bits per heavy atom. The summed E-state index contributed by atoms with van der Waals surface area (Å²) in [5.74, 6) is 1.55. The maximum Gasteiger partial charge on any atom is 0.205 e. The molecule has 0 spiro atoms. The fraction of sp³-hybridized carbons (Fsp3) is 0.750. The number of piperidine rings is 1. The van der Waals surface area contributed by atoms with Crippen molar-refractivity contribution in [1.82, 2.24) is 9.36 Å². The first-order valence-corrected chi connectivity index (χ1v) is 7.06. The molecule has 1 aromatic rings. The first-order valence-electron chi connectivity index (χ1n) is 6.28. The van der Waals surface area contributed by atoms with Crippen molar-refractivity contribution in [3.05, 3.63) is 5.82 Å². The molecule has 1 aliphatic heterocycles. The standard InChI is InChI=1S/C12H19N3OS/c1-3-4-11-13-12(17-14-11)15-7-5-10(6-8-15)9(2)16/h10H,3-8H2,1-2H3. The largest absolute Gasteiger partial charge is 0.347 e. The lowest BCUT2D eigenvalue weighted by atomic mass is 9.94. The summed E-state index contributed by atoms with van der Waals surface area (Å²) in [7, 11) is 0. The number of nitrogens with zero attached hydrogens (tertiary/aromatic N) is 3. The van der Waals surface area contributed by atoms with E-state index in [1.54, 1.807) is 6.92 Å². The van der Waals surface area contributed by atoms with Crippen LogP contribution in [0.15, 0.2) is 0 Å². The van der Waals surface area contributed by atoms with Gasteiger partial charge in [0.15, 0.2) is 0 Å². The van der Waals surface area contributed by atoms with E-state index in [0.29, 0.717) is 5.78 Å². The summed E-state index contributed by atoms with van der Waals surface area (Å²) >= 11 is 1.49. The van der Waals surface area contributed by atoms with Gasteiger partial charge in [-0.15, -0.1) is 0 Å². The van der Waals surface area contributed by atoms with E-state index in [2.05, 4.69) is 21.2 Å². The van der Waals surface area contributed by atoms with E-state index in [9.17, 15) is 4.79 Å². The summed E-state index contributed by atoms with van der Waals surface area (Å²) < 4.78 is 4.36. The van der Waals surface area contributed by atoms with Crippen LogP contribution < -0.4 is 4.90 Å². The highest BCUT2D eigenvalue weighted by Gasteiger charge is 2.24. The predicted octanol–water partition coefficient (Wildman–Crippen LogP) is 2.30. The Labute approximate surface area is 106 Å². The van der Waals surface area contributed by atoms with Crippen LogP contribution in [0.25, 0.3) is 0 Å². The van der Waals surface area contributed by atoms with Crippen molar-refractivity contribution < 1.29 is 4.79 Å². The number of Topliss-reactive ketones (excluding diaryl/α,β-unsaturated/α-hetero) is 1. The van der Waals surface area contributed by atoms with Crippen molar-refractivity contribution in [1.29, 1.82) is 0 Å². The Morgan fingerprint density at radius 2 is 2.18 bits per heavy atom. The van der Waals surface area contributed by atoms with Gasteiger partial charge < -0.3 is 4.90 Å². The van der Waals surface area contributed by atoms with Gasteiger partial charge >= 0.3 is 0 Å². The van der Waals surface area contributed by atoms with Crippen molar-refractivity contribution in [3.8, 4) is 0 Å². The molecule has 17 heavy (non-hydrogen) atoms. The molecule has 0 unspecified atom stereocenters. The molecule has 0 atom stereocenters. The molecule has 0 amide bonds. The lowest BCUT2D eigenvalue weighted by Gasteiger charge is -2.30. The van der Waals surface area contributed by atoms with Crippen LogP contribution in [0.4, 0.5) is 5.13 Å². The van der Waals surface area contributed by atoms with Crippen LogP contribution in [0.2, 0.25) is 0 Å². The predicted molar refractivity (Wildman–Crippen MR) is 69.5 cm³/mol. The van der Waals surface area contributed by atoms with E-state index in [1.807, 2.05) is 0 Å². The number of aromatic nitrogens is 2. The van der Waals surface area contributed by atoms with Crippen LogP contribution in [-0.2, 0) is 11.2 Å². The average Bonchev–Trinajstić information content (AvgIpc) is 2.78. The van der Waals surface area contributed by atoms with Gasteiger partial charge in [0.25, 0.3) is 0 Å². The van der Waals surface area contributed by atoms with Gasteiger partial charge in [-0.1, -0.05) is 6.92 Å². The molecule has 0 aliphatic carbocycles. The molecule has 2 rings (SSSR count). The Bertz CT molecular complexity index is 383. The second kappa shape index (κ2) is 5.58. The molecule has 94 valence electrons. The van der Waals surface area contributed by atoms with E-state index < -0.39 is 0 Å². The van der Waals surface area contributed by atoms with Crippen molar-refractivity contribution in [2.24, 2.45) is 5.92 Å². The molecule has 4 nitrogen and oxygen atoms in total. The molecule has 1 saturated heterocycles. The monoisotopic (exact) mass is 253 g/mol. The van der Waals surface area contributed by atoms with Gasteiger partial charge in [0, 0.05) is 37.0 Å². The quantitative estimate of drug-likeness (QED) is 0.826. The summed E-state index contributed by atoms with van der Waals surface area (Å²) in [6, 6.07) is 0. The average molecular weight is 253 g/mol. The van der Waals surface area contributed by atoms with Gasteiger partial charge in [0.1, 0.15) is 11.6 Å². The highest BCUT2D eigenvalue weighted by Crippen LogP contribution is 2.25. The van der Waals surface area contributed by atoms with Crippen molar-refractivity contribution in [2.75, 3.05) is 18.0 Å². The summed E-state index contributed by atoms with van der Waals surface area (Å²) in [6.07, 6.45) is 3.96. The molecular formula is C12H19N3OS. The number of ketones is 1. The molecule has 0 saturated carbocycles. The number of rotatable bonds is 4. The van der Waals surface area contributed by atoms with E-state index in [4.69, 9.17) is 0 Å². The fourth-order valence-corrected chi connectivity index (χ4v) is 2.94. The lowest BCUT2D eigenvalue weighted by Crippen LogP contribution is -2.35. The van der Waals surface area contributed by atoms with Crippen LogP contribution >= 0.6 is 11.5 Å². The minimum atomic E-state index is 0.259. The second-order valence-electron chi connectivity index (χ2n) is 4.62. The van der Waals surface area contributed by atoms with Crippen molar-refractivity contribution >= 4 is 22.4 Å².